The minimum absolute atomic E-state index is 0. The molecule has 1 aliphatic heterocycles. The molecule has 1 aromatic rings. The van der Waals surface area contributed by atoms with Gasteiger partial charge in [-0.3, -0.25) is 9.69 Å². The van der Waals surface area contributed by atoms with Gasteiger partial charge in [-0.25, -0.2) is 0 Å². The van der Waals surface area contributed by atoms with Crippen molar-refractivity contribution in [1.82, 2.24) is 4.90 Å². The normalized spacial score (nSPS) is 23.5. The molecule has 118 valence electrons. The molecule has 1 saturated heterocycles. The van der Waals surface area contributed by atoms with Gasteiger partial charge >= 0.3 is 0 Å². The van der Waals surface area contributed by atoms with E-state index in [4.69, 9.17) is 0 Å². The molecule has 3 nitrogen and oxygen atoms in total. The van der Waals surface area contributed by atoms with E-state index in [1.807, 2.05) is 39.0 Å². The smallest absolute Gasteiger partial charge is 0.241 e. The summed E-state index contributed by atoms with van der Waals surface area (Å²) in [5, 5.41) is 3.12. The third-order valence-corrected chi connectivity index (χ3v) is 4.58. The zero-order valence-electron chi connectivity index (χ0n) is 13.6. The van der Waals surface area contributed by atoms with Crippen LogP contribution in [0.3, 0.4) is 0 Å². The molecule has 1 aromatic carbocycles. The Balaban J connectivity index is 0.00000220. The summed E-state index contributed by atoms with van der Waals surface area (Å²) < 4.78 is 0. The number of carbonyl (C=O) groups excluding carboxylic acids is 1. The van der Waals surface area contributed by atoms with Gasteiger partial charge in [0.15, 0.2) is 0 Å². The lowest BCUT2D eigenvalue weighted by Crippen LogP contribution is -2.47. The number of nitrogens with zero attached hydrogens (tertiary/aromatic N) is 1. The summed E-state index contributed by atoms with van der Waals surface area (Å²) >= 11 is 0. The van der Waals surface area contributed by atoms with Crippen LogP contribution in [0.25, 0.3) is 0 Å². The predicted molar refractivity (Wildman–Crippen MR) is 91.3 cm³/mol. The molecule has 1 amide bonds. The average molecular weight is 311 g/mol. The second kappa shape index (κ2) is 7.28. The molecule has 21 heavy (non-hydrogen) atoms. The first kappa shape index (κ1) is 18.0. The van der Waals surface area contributed by atoms with Gasteiger partial charge in [-0.05, 0) is 58.6 Å². The van der Waals surface area contributed by atoms with Crippen molar-refractivity contribution in [3.05, 3.63) is 29.3 Å². The third kappa shape index (κ3) is 3.78. The van der Waals surface area contributed by atoms with Gasteiger partial charge in [0.2, 0.25) is 5.91 Å². The number of aryl methyl sites for hydroxylation is 2. The number of hydrogen-bond donors (Lipinski definition) is 1. The van der Waals surface area contributed by atoms with Gasteiger partial charge < -0.3 is 5.32 Å². The fourth-order valence-electron chi connectivity index (χ4n) is 3.35. The predicted octanol–water partition coefficient (Wildman–Crippen LogP) is 3.93. The van der Waals surface area contributed by atoms with Crippen LogP contribution in [0, 0.1) is 13.8 Å². The van der Waals surface area contributed by atoms with Crippen molar-refractivity contribution in [3.63, 3.8) is 0 Å². The Kier molecular flexibility index (Phi) is 6.24. The zero-order valence-corrected chi connectivity index (χ0v) is 14.5. The Labute approximate surface area is 134 Å². The summed E-state index contributed by atoms with van der Waals surface area (Å²) in [6.45, 7) is 10.5. The first-order valence-corrected chi connectivity index (χ1v) is 7.56. The number of nitrogens with one attached hydrogen (secondary N) is 1. The van der Waals surface area contributed by atoms with Crippen LogP contribution in [0.4, 0.5) is 5.69 Å². The Morgan fingerprint density at radius 1 is 1.19 bits per heavy atom. The van der Waals surface area contributed by atoms with Crippen LogP contribution >= 0.6 is 12.4 Å². The summed E-state index contributed by atoms with van der Waals surface area (Å²) in [6.07, 6.45) is 2.37. The maximum absolute atomic E-state index is 12.5. The van der Waals surface area contributed by atoms with Crippen molar-refractivity contribution in [1.29, 1.82) is 0 Å². The highest BCUT2D eigenvalue weighted by Gasteiger charge is 2.34. The Morgan fingerprint density at radius 3 is 2.14 bits per heavy atom. The number of likely N-dealkylation sites (tertiary alicyclic amines) is 1. The van der Waals surface area contributed by atoms with Gasteiger partial charge in [0, 0.05) is 17.8 Å². The lowest BCUT2D eigenvalue weighted by molar-refractivity contribution is -0.121. The highest BCUT2D eigenvalue weighted by Crippen LogP contribution is 2.27. The molecule has 1 heterocycles. The van der Waals surface area contributed by atoms with Crippen molar-refractivity contribution in [2.24, 2.45) is 0 Å². The molecular weight excluding hydrogens is 284 g/mol. The molecular formula is C17H27ClN2O. The van der Waals surface area contributed by atoms with E-state index in [-0.39, 0.29) is 24.4 Å². The van der Waals surface area contributed by atoms with E-state index >= 15 is 0 Å². The van der Waals surface area contributed by atoms with Crippen molar-refractivity contribution in [2.45, 2.75) is 65.6 Å². The molecule has 1 aliphatic rings. The molecule has 2 rings (SSSR count). The highest BCUT2D eigenvalue weighted by molar-refractivity contribution is 5.96. The lowest BCUT2D eigenvalue weighted by atomic mass is 10.1. The summed E-state index contributed by atoms with van der Waals surface area (Å²) in [7, 11) is 0. The Morgan fingerprint density at radius 2 is 1.67 bits per heavy atom. The minimum atomic E-state index is -0.0819. The molecule has 0 saturated carbocycles. The van der Waals surface area contributed by atoms with E-state index < -0.39 is 0 Å². The minimum Gasteiger partial charge on any atom is -0.324 e. The van der Waals surface area contributed by atoms with Crippen LogP contribution in [0.1, 0.15) is 44.7 Å². The second-order valence-electron chi connectivity index (χ2n) is 6.15. The number of hydrogen-bond acceptors (Lipinski definition) is 2. The molecule has 0 aliphatic carbocycles. The third-order valence-electron chi connectivity index (χ3n) is 4.58. The van der Waals surface area contributed by atoms with Crippen molar-refractivity contribution in [3.8, 4) is 0 Å². The van der Waals surface area contributed by atoms with E-state index in [9.17, 15) is 4.79 Å². The highest BCUT2D eigenvalue weighted by atomic mass is 35.5. The monoisotopic (exact) mass is 310 g/mol. The number of rotatable bonds is 3. The van der Waals surface area contributed by atoms with Crippen LogP contribution in [-0.4, -0.2) is 28.9 Å². The molecule has 0 spiro atoms. The fraction of sp³-hybridized carbons (Fsp3) is 0.588. The zero-order chi connectivity index (χ0) is 14.9. The second-order valence-corrected chi connectivity index (χ2v) is 6.15. The van der Waals surface area contributed by atoms with Crippen molar-refractivity contribution < 1.29 is 4.79 Å². The maximum Gasteiger partial charge on any atom is 0.241 e. The van der Waals surface area contributed by atoms with Crippen LogP contribution in [0.2, 0.25) is 0 Å². The first-order valence-electron chi connectivity index (χ1n) is 7.56. The topological polar surface area (TPSA) is 32.3 Å². The van der Waals surface area contributed by atoms with Gasteiger partial charge in [0.1, 0.15) is 0 Å². The summed E-state index contributed by atoms with van der Waals surface area (Å²) in [5.74, 6) is 0.1000. The molecule has 0 bridgehead atoms. The molecule has 0 aromatic heterocycles. The van der Waals surface area contributed by atoms with Gasteiger partial charge in [0.25, 0.3) is 0 Å². The molecule has 0 radical (unpaired) electrons. The van der Waals surface area contributed by atoms with E-state index in [1.165, 1.54) is 12.8 Å². The summed E-state index contributed by atoms with van der Waals surface area (Å²) in [5.41, 5.74) is 3.20. The van der Waals surface area contributed by atoms with Crippen LogP contribution in [-0.2, 0) is 4.79 Å². The number of halogens is 1. The van der Waals surface area contributed by atoms with Gasteiger partial charge in [-0.2, -0.15) is 0 Å². The Hall–Kier alpha value is -1.06. The number of amides is 1. The maximum atomic E-state index is 12.5. The van der Waals surface area contributed by atoms with Crippen molar-refractivity contribution >= 4 is 24.0 Å². The van der Waals surface area contributed by atoms with Crippen LogP contribution < -0.4 is 5.32 Å². The van der Waals surface area contributed by atoms with Gasteiger partial charge in [-0.15, -0.1) is 12.4 Å². The van der Waals surface area contributed by atoms with Gasteiger partial charge in [-0.1, -0.05) is 18.2 Å². The quantitative estimate of drug-likeness (QED) is 0.917. The fourth-order valence-corrected chi connectivity index (χ4v) is 3.35. The largest absolute Gasteiger partial charge is 0.324 e. The number of anilines is 1. The molecule has 1 N–H and O–H groups in total. The van der Waals surface area contributed by atoms with E-state index in [0.29, 0.717) is 12.1 Å². The number of para-hydroxylation sites is 1. The molecule has 3 unspecified atom stereocenters. The van der Waals surface area contributed by atoms with E-state index in [1.54, 1.807) is 0 Å². The number of benzene rings is 1. The lowest BCUT2D eigenvalue weighted by Gasteiger charge is -2.31. The molecule has 1 fully saturated rings. The summed E-state index contributed by atoms with van der Waals surface area (Å²) in [6, 6.07) is 6.99. The van der Waals surface area contributed by atoms with Crippen LogP contribution in [0.15, 0.2) is 18.2 Å². The average Bonchev–Trinajstić information content (AvgIpc) is 2.72. The molecule has 4 heteroatoms. The standard InChI is InChI=1S/C17H26N2O.ClH/c1-11-7-6-8-12(2)16(11)18-17(20)15(5)19-13(3)9-10-14(19)4;/h6-8,13-15H,9-10H2,1-5H3,(H,18,20);1H. The van der Waals surface area contributed by atoms with Gasteiger partial charge in [0.05, 0.1) is 6.04 Å². The SMILES string of the molecule is Cc1cccc(C)c1NC(=O)C(C)N1C(C)CCC1C.Cl. The van der Waals surface area contributed by atoms with Crippen molar-refractivity contribution in [2.75, 3.05) is 5.32 Å². The number of carbonyl (C=O) groups is 1. The van der Waals surface area contributed by atoms with E-state index in [0.717, 1.165) is 16.8 Å². The van der Waals surface area contributed by atoms with Crippen LogP contribution in [0.5, 0.6) is 0 Å². The summed E-state index contributed by atoms with van der Waals surface area (Å²) in [4.78, 5) is 14.9. The first-order chi connectivity index (χ1) is 9.41. The Bertz CT molecular complexity index is 473. The van der Waals surface area contributed by atoms with E-state index in [2.05, 4.69) is 24.1 Å². The molecule has 3 atom stereocenters.